The molecule has 0 aliphatic carbocycles. The number of benzene rings is 9. The molecule has 3 nitrogen and oxygen atoms in total. The van der Waals surface area contributed by atoms with E-state index in [9.17, 15) is 0 Å². The van der Waals surface area contributed by atoms with Crippen LogP contribution in [0, 0.1) is 0 Å². The van der Waals surface area contributed by atoms with E-state index in [2.05, 4.69) is 200 Å². The van der Waals surface area contributed by atoms with Crippen LogP contribution in [0.25, 0.3) is 71.3 Å². The van der Waals surface area contributed by atoms with Crippen molar-refractivity contribution < 1.29 is 0 Å². The SMILES string of the molecule is C/C(=N\C(=N/C(C)c1ccccc1)c1ccccc1)c1ccc(-n2c3ccccc3c3c4ccc(-c5ccc6ccc(-c7ccccc7)cc6c5)cc4ccc32)cc1. The van der Waals surface area contributed by atoms with Crippen molar-refractivity contribution >= 4 is 54.9 Å². The number of aromatic nitrogens is 1. The molecule has 10 rings (SSSR count). The van der Waals surface area contributed by atoms with Gasteiger partial charge in [-0.1, -0.05) is 164 Å². The first-order valence-electron chi connectivity index (χ1n) is 20.0. The zero-order valence-electron chi connectivity index (χ0n) is 32.5. The maximum absolute atomic E-state index is 5.13. The second kappa shape index (κ2) is 14.9. The molecule has 3 heteroatoms. The maximum Gasteiger partial charge on any atom is 0.155 e. The average Bonchev–Trinajstić information content (AvgIpc) is 3.64. The highest BCUT2D eigenvalue weighted by atomic mass is 15.0. The lowest BCUT2D eigenvalue weighted by atomic mass is 9.95. The molecule has 1 atom stereocenters. The fourth-order valence-electron chi connectivity index (χ4n) is 8.31. The molecule has 0 radical (unpaired) electrons. The Morgan fingerprint density at radius 3 is 1.76 bits per heavy atom. The molecule has 1 heterocycles. The van der Waals surface area contributed by atoms with Crippen molar-refractivity contribution in [1.29, 1.82) is 0 Å². The number of amidine groups is 1. The Balaban J connectivity index is 1.01. The van der Waals surface area contributed by atoms with Gasteiger partial charge in [0.25, 0.3) is 0 Å². The first-order chi connectivity index (χ1) is 28.6. The van der Waals surface area contributed by atoms with E-state index in [-0.39, 0.29) is 6.04 Å². The summed E-state index contributed by atoms with van der Waals surface area (Å²) in [6, 6.07) is 73.8. The second-order valence-electron chi connectivity index (χ2n) is 15.0. The summed E-state index contributed by atoms with van der Waals surface area (Å²) in [5.41, 5.74) is 12.5. The largest absolute Gasteiger partial charge is 0.309 e. The summed E-state index contributed by atoms with van der Waals surface area (Å²) in [7, 11) is 0. The third kappa shape index (κ3) is 6.57. The quantitative estimate of drug-likeness (QED) is 0.115. The van der Waals surface area contributed by atoms with Crippen molar-refractivity contribution in [2.24, 2.45) is 9.98 Å². The van der Waals surface area contributed by atoms with Crippen molar-refractivity contribution in [2.75, 3.05) is 0 Å². The van der Waals surface area contributed by atoms with Crippen LogP contribution in [0.3, 0.4) is 0 Å². The highest BCUT2D eigenvalue weighted by Gasteiger charge is 2.16. The Hall–Kier alpha value is -7.36. The van der Waals surface area contributed by atoms with Gasteiger partial charge in [0.1, 0.15) is 0 Å². The number of hydrogen-bond donors (Lipinski definition) is 0. The molecule has 0 amide bonds. The van der Waals surface area contributed by atoms with Crippen LogP contribution < -0.4 is 0 Å². The minimum Gasteiger partial charge on any atom is -0.309 e. The lowest BCUT2D eigenvalue weighted by molar-refractivity contribution is 0.818. The third-order valence-electron chi connectivity index (χ3n) is 11.4. The Bertz CT molecular complexity index is 3160. The van der Waals surface area contributed by atoms with Gasteiger partial charge in [0.05, 0.1) is 17.1 Å². The third-order valence-corrected chi connectivity index (χ3v) is 11.4. The minimum absolute atomic E-state index is 0.0271. The molecule has 276 valence electrons. The molecule has 10 aromatic rings. The monoisotopic (exact) mass is 743 g/mol. The minimum atomic E-state index is -0.0271. The Kier molecular flexibility index (Phi) is 9.04. The summed E-state index contributed by atoms with van der Waals surface area (Å²) in [5.74, 6) is 0.730. The molecule has 0 N–H and O–H groups in total. The first kappa shape index (κ1) is 35.1. The first-order valence-corrected chi connectivity index (χ1v) is 20.0. The zero-order valence-corrected chi connectivity index (χ0v) is 32.5. The van der Waals surface area contributed by atoms with E-state index in [0.29, 0.717) is 0 Å². The van der Waals surface area contributed by atoms with Gasteiger partial charge in [-0.2, -0.15) is 0 Å². The van der Waals surface area contributed by atoms with Gasteiger partial charge in [-0.3, -0.25) is 4.99 Å². The molecule has 1 aromatic heterocycles. The van der Waals surface area contributed by atoms with Gasteiger partial charge < -0.3 is 4.57 Å². The van der Waals surface area contributed by atoms with Gasteiger partial charge in [-0.05, 0) is 111 Å². The summed E-state index contributed by atoms with van der Waals surface area (Å²) in [5, 5.41) is 7.48. The van der Waals surface area contributed by atoms with E-state index in [1.165, 1.54) is 65.6 Å². The number of aliphatic imine (C=N–C) groups is 2. The summed E-state index contributed by atoms with van der Waals surface area (Å²) in [6.45, 7) is 4.19. The van der Waals surface area contributed by atoms with Crippen LogP contribution in [-0.2, 0) is 0 Å². The summed E-state index contributed by atoms with van der Waals surface area (Å²) in [6.07, 6.45) is 0. The summed E-state index contributed by atoms with van der Waals surface area (Å²) < 4.78 is 2.39. The molecule has 0 saturated carbocycles. The van der Waals surface area contributed by atoms with Gasteiger partial charge in [0.15, 0.2) is 5.84 Å². The predicted octanol–water partition coefficient (Wildman–Crippen LogP) is 14.4. The van der Waals surface area contributed by atoms with Crippen molar-refractivity contribution in [3.05, 3.63) is 223 Å². The molecular formula is C55H41N3. The Morgan fingerprint density at radius 1 is 0.448 bits per heavy atom. The van der Waals surface area contributed by atoms with Crippen LogP contribution in [0.5, 0.6) is 0 Å². The molecule has 1 unspecified atom stereocenters. The van der Waals surface area contributed by atoms with Crippen LogP contribution in [0.4, 0.5) is 0 Å². The Morgan fingerprint density at radius 2 is 1.03 bits per heavy atom. The zero-order chi connectivity index (χ0) is 39.0. The molecule has 0 fully saturated rings. The second-order valence-corrected chi connectivity index (χ2v) is 15.0. The van der Waals surface area contributed by atoms with E-state index in [0.717, 1.165) is 33.9 Å². The molecule has 58 heavy (non-hydrogen) atoms. The van der Waals surface area contributed by atoms with Crippen molar-refractivity contribution in [3.8, 4) is 27.9 Å². The smallest absolute Gasteiger partial charge is 0.155 e. The molecule has 0 bridgehead atoms. The fraction of sp³-hybridized carbons (Fsp3) is 0.0545. The van der Waals surface area contributed by atoms with Gasteiger partial charge >= 0.3 is 0 Å². The predicted molar refractivity (Wildman–Crippen MR) is 247 cm³/mol. The normalized spacial score (nSPS) is 12.8. The molecule has 0 aliphatic rings. The van der Waals surface area contributed by atoms with E-state index in [4.69, 9.17) is 9.98 Å². The number of rotatable bonds is 7. The molecule has 0 spiro atoms. The van der Waals surface area contributed by atoms with E-state index >= 15 is 0 Å². The number of fused-ring (bicyclic) bond motifs is 6. The molecule has 0 saturated heterocycles. The van der Waals surface area contributed by atoms with Crippen LogP contribution in [0.15, 0.2) is 216 Å². The highest BCUT2D eigenvalue weighted by Crippen LogP contribution is 2.39. The van der Waals surface area contributed by atoms with Gasteiger partial charge in [0, 0.05) is 27.7 Å². The van der Waals surface area contributed by atoms with Crippen molar-refractivity contribution in [1.82, 2.24) is 4.57 Å². The molecule has 0 aliphatic heterocycles. The Labute approximate surface area is 338 Å². The molecular weight excluding hydrogens is 703 g/mol. The highest BCUT2D eigenvalue weighted by molar-refractivity contribution is 6.21. The van der Waals surface area contributed by atoms with Crippen LogP contribution >= 0.6 is 0 Å². The average molecular weight is 744 g/mol. The number of para-hydroxylation sites is 1. The van der Waals surface area contributed by atoms with E-state index in [1.54, 1.807) is 0 Å². The van der Waals surface area contributed by atoms with Gasteiger partial charge in [0.2, 0.25) is 0 Å². The van der Waals surface area contributed by atoms with E-state index < -0.39 is 0 Å². The number of hydrogen-bond acceptors (Lipinski definition) is 1. The molecule has 9 aromatic carbocycles. The topological polar surface area (TPSA) is 29.6 Å². The van der Waals surface area contributed by atoms with Crippen LogP contribution in [0.1, 0.15) is 36.6 Å². The van der Waals surface area contributed by atoms with Crippen LogP contribution in [-0.4, -0.2) is 16.1 Å². The van der Waals surface area contributed by atoms with Gasteiger partial charge in [-0.25, -0.2) is 4.99 Å². The summed E-state index contributed by atoms with van der Waals surface area (Å²) >= 11 is 0. The number of nitrogens with zero attached hydrogens (tertiary/aromatic N) is 3. The van der Waals surface area contributed by atoms with E-state index in [1.807, 2.05) is 24.3 Å². The summed E-state index contributed by atoms with van der Waals surface area (Å²) in [4.78, 5) is 10.2. The van der Waals surface area contributed by atoms with Crippen molar-refractivity contribution in [2.45, 2.75) is 19.9 Å². The fourth-order valence-corrected chi connectivity index (χ4v) is 8.31. The lowest BCUT2D eigenvalue weighted by Gasteiger charge is -2.12. The standard InChI is InChI=1S/C55H41N3/c1-37(39-14-6-3-7-15-39)56-55(43-18-10-5-11-19-43)57-38(2)40-26-30-49(31-27-40)58-52-21-13-12-20-51(52)54-50-32-28-46(34-47(50)29-33-53(54)58)45-25-23-42-22-24-44(35-48(42)36-45)41-16-8-4-9-17-41/h3-37H,1-2H3/b56-55-,57-38+. The van der Waals surface area contributed by atoms with Gasteiger partial charge in [-0.15, -0.1) is 0 Å². The van der Waals surface area contributed by atoms with Crippen LogP contribution in [0.2, 0.25) is 0 Å². The lowest BCUT2D eigenvalue weighted by Crippen LogP contribution is -2.06. The maximum atomic E-state index is 5.13. The van der Waals surface area contributed by atoms with Crippen molar-refractivity contribution in [3.63, 3.8) is 0 Å².